The summed E-state index contributed by atoms with van der Waals surface area (Å²) in [6.45, 7) is 0. The van der Waals surface area contributed by atoms with Crippen LogP contribution >= 0.6 is 0 Å². The van der Waals surface area contributed by atoms with Crippen LogP contribution in [0.1, 0.15) is 33.6 Å². The van der Waals surface area contributed by atoms with Crippen molar-refractivity contribution in [2.45, 2.75) is 18.9 Å². The first-order valence-electron chi connectivity index (χ1n) is 8.34. The summed E-state index contributed by atoms with van der Waals surface area (Å²) in [6, 6.07) is 12.1. The molecular weight excluding hydrogens is 348 g/mol. The van der Waals surface area contributed by atoms with Gasteiger partial charge in [-0.25, -0.2) is 0 Å². The highest BCUT2D eigenvalue weighted by Crippen LogP contribution is 2.19. The molecule has 0 aliphatic carbocycles. The molecule has 1 unspecified atom stereocenters. The third kappa shape index (κ3) is 4.30. The summed E-state index contributed by atoms with van der Waals surface area (Å²) in [7, 11) is 0. The maximum Gasteiger partial charge on any atom is 0.254 e. The quantitative estimate of drug-likeness (QED) is 0.634. The number of fused-ring (bicyclic) bond motifs is 1. The number of carbonyl (C=O) groups excluding carboxylic acids is 4. The molecule has 0 aromatic heterocycles. The number of nitrogens with two attached hydrogens (primary N) is 1. The average molecular weight is 366 g/mol. The van der Waals surface area contributed by atoms with Gasteiger partial charge in [0.1, 0.15) is 6.04 Å². The zero-order valence-corrected chi connectivity index (χ0v) is 14.3. The van der Waals surface area contributed by atoms with Gasteiger partial charge < -0.3 is 21.7 Å². The third-order valence-corrected chi connectivity index (χ3v) is 4.14. The first-order valence-corrected chi connectivity index (χ1v) is 8.34. The molecular formula is C19H18N4O4. The summed E-state index contributed by atoms with van der Waals surface area (Å²) in [6.07, 6.45) is 0.141. The number of hydrogen-bond donors (Lipinski definition) is 4. The molecule has 4 amide bonds. The van der Waals surface area contributed by atoms with E-state index in [4.69, 9.17) is 5.73 Å². The van der Waals surface area contributed by atoms with Crippen LogP contribution in [-0.4, -0.2) is 29.7 Å². The lowest BCUT2D eigenvalue weighted by atomic mass is 10.1. The van der Waals surface area contributed by atoms with Crippen LogP contribution in [0.4, 0.5) is 11.4 Å². The number of primary amides is 1. The Morgan fingerprint density at radius 3 is 2.63 bits per heavy atom. The van der Waals surface area contributed by atoms with Crippen molar-refractivity contribution in [2.75, 3.05) is 10.6 Å². The fourth-order valence-corrected chi connectivity index (χ4v) is 2.76. The summed E-state index contributed by atoms with van der Waals surface area (Å²) in [5.74, 6) is -1.69. The summed E-state index contributed by atoms with van der Waals surface area (Å²) in [5, 5.41) is 7.97. The van der Waals surface area contributed by atoms with Gasteiger partial charge in [0.05, 0.1) is 11.3 Å². The smallest absolute Gasteiger partial charge is 0.254 e. The van der Waals surface area contributed by atoms with Crippen LogP contribution < -0.4 is 21.7 Å². The SMILES string of the molecule is NC(=O)c1cccc(NC(=O)CCC2NC(=O)c3ccccc3NC2=O)c1. The molecule has 0 radical (unpaired) electrons. The average Bonchev–Trinajstić information content (AvgIpc) is 2.76. The van der Waals surface area contributed by atoms with Crippen molar-refractivity contribution < 1.29 is 19.2 Å². The molecule has 0 saturated heterocycles. The molecule has 5 N–H and O–H groups in total. The summed E-state index contributed by atoms with van der Waals surface area (Å²) in [4.78, 5) is 47.9. The number of anilines is 2. The summed E-state index contributed by atoms with van der Waals surface area (Å²) < 4.78 is 0. The Hall–Kier alpha value is -3.68. The fourth-order valence-electron chi connectivity index (χ4n) is 2.76. The highest BCUT2D eigenvalue weighted by molar-refractivity contribution is 6.10. The molecule has 1 aliphatic heterocycles. The molecule has 8 heteroatoms. The number of hydrogen-bond acceptors (Lipinski definition) is 4. The van der Waals surface area contributed by atoms with Gasteiger partial charge in [0, 0.05) is 17.7 Å². The lowest BCUT2D eigenvalue weighted by Crippen LogP contribution is -2.41. The minimum absolute atomic E-state index is 0.00944. The number of amides is 4. The van der Waals surface area contributed by atoms with E-state index in [0.717, 1.165) is 0 Å². The molecule has 2 aromatic rings. The second kappa shape index (κ2) is 7.69. The minimum atomic E-state index is -0.826. The monoisotopic (exact) mass is 366 g/mol. The zero-order chi connectivity index (χ0) is 19.4. The van der Waals surface area contributed by atoms with Crippen molar-refractivity contribution >= 4 is 35.0 Å². The second-order valence-corrected chi connectivity index (χ2v) is 6.09. The number of rotatable bonds is 5. The predicted octanol–water partition coefficient (Wildman–Crippen LogP) is 1.25. The predicted molar refractivity (Wildman–Crippen MR) is 99.1 cm³/mol. The standard InChI is InChI=1S/C19H18N4O4/c20-17(25)11-4-3-5-12(10-11)21-16(24)9-8-15-19(27)22-14-7-2-1-6-13(14)18(26)23-15/h1-7,10,15H,8-9H2,(H2,20,25)(H,21,24)(H,22,27)(H,23,26). The highest BCUT2D eigenvalue weighted by atomic mass is 16.2. The maximum absolute atomic E-state index is 12.3. The normalized spacial score (nSPS) is 15.8. The molecule has 3 rings (SSSR count). The third-order valence-electron chi connectivity index (χ3n) is 4.14. The number of carbonyl (C=O) groups is 4. The molecule has 1 aliphatic rings. The molecule has 1 heterocycles. The van der Waals surface area contributed by atoms with Crippen molar-refractivity contribution in [3.8, 4) is 0 Å². The molecule has 27 heavy (non-hydrogen) atoms. The highest BCUT2D eigenvalue weighted by Gasteiger charge is 2.27. The van der Waals surface area contributed by atoms with E-state index < -0.39 is 11.9 Å². The van der Waals surface area contributed by atoms with Crippen LogP contribution in [0.15, 0.2) is 48.5 Å². The first kappa shape index (κ1) is 18.1. The van der Waals surface area contributed by atoms with Crippen LogP contribution in [0.3, 0.4) is 0 Å². The van der Waals surface area contributed by atoms with E-state index in [-0.39, 0.29) is 36.1 Å². The van der Waals surface area contributed by atoms with Crippen LogP contribution in [0.5, 0.6) is 0 Å². The van der Waals surface area contributed by atoms with Gasteiger partial charge in [0.15, 0.2) is 0 Å². The first-order chi connectivity index (χ1) is 12.9. The van der Waals surface area contributed by atoms with Crippen LogP contribution in [0.2, 0.25) is 0 Å². The van der Waals surface area contributed by atoms with E-state index in [2.05, 4.69) is 16.0 Å². The summed E-state index contributed by atoms with van der Waals surface area (Å²) >= 11 is 0. The molecule has 0 fully saturated rings. The Morgan fingerprint density at radius 1 is 1.07 bits per heavy atom. The maximum atomic E-state index is 12.3. The molecule has 138 valence electrons. The lowest BCUT2D eigenvalue weighted by molar-refractivity contribution is -0.118. The minimum Gasteiger partial charge on any atom is -0.366 e. The number of para-hydroxylation sites is 1. The van der Waals surface area contributed by atoms with E-state index in [1.807, 2.05) is 0 Å². The lowest BCUT2D eigenvalue weighted by Gasteiger charge is -2.14. The molecule has 0 spiro atoms. The second-order valence-electron chi connectivity index (χ2n) is 6.09. The van der Waals surface area contributed by atoms with Gasteiger partial charge in [-0.05, 0) is 36.8 Å². The van der Waals surface area contributed by atoms with Gasteiger partial charge in [-0.1, -0.05) is 18.2 Å². The van der Waals surface area contributed by atoms with Crippen LogP contribution in [0, 0.1) is 0 Å². The van der Waals surface area contributed by atoms with Gasteiger partial charge in [-0.3, -0.25) is 19.2 Å². The van der Waals surface area contributed by atoms with E-state index >= 15 is 0 Å². The Labute approximate surface area is 155 Å². The Kier molecular flexibility index (Phi) is 5.16. The molecule has 2 aromatic carbocycles. The molecule has 0 bridgehead atoms. The van der Waals surface area contributed by atoms with E-state index in [0.29, 0.717) is 16.9 Å². The van der Waals surface area contributed by atoms with Gasteiger partial charge in [0.25, 0.3) is 5.91 Å². The zero-order valence-electron chi connectivity index (χ0n) is 14.3. The van der Waals surface area contributed by atoms with Crippen molar-refractivity contribution in [1.29, 1.82) is 0 Å². The Balaban J connectivity index is 1.60. The topological polar surface area (TPSA) is 130 Å². The van der Waals surface area contributed by atoms with Crippen LogP contribution in [0.25, 0.3) is 0 Å². The Bertz CT molecular complexity index is 925. The molecule has 8 nitrogen and oxygen atoms in total. The largest absolute Gasteiger partial charge is 0.366 e. The van der Waals surface area contributed by atoms with Crippen molar-refractivity contribution in [3.05, 3.63) is 59.7 Å². The molecule has 0 saturated carbocycles. The van der Waals surface area contributed by atoms with Crippen molar-refractivity contribution in [2.24, 2.45) is 5.73 Å². The van der Waals surface area contributed by atoms with Crippen molar-refractivity contribution in [3.63, 3.8) is 0 Å². The van der Waals surface area contributed by atoms with Crippen molar-refractivity contribution in [1.82, 2.24) is 5.32 Å². The summed E-state index contributed by atoms with van der Waals surface area (Å²) in [5.41, 5.74) is 6.74. The van der Waals surface area contributed by atoms with Crippen LogP contribution in [-0.2, 0) is 9.59 Å². The fraction of sp³-hybridized carbons (Fsp3) is 0.158. The van der Waals surface area contributed by atoms with Gasteiger partial charge in [-0.15, -0.1) is 0 Å². The van der Waals surface area contributed by atoms with E-state index in [9.17, 15) is 19.2 Å². The Morgan fingerprint density at radius 2 is 1.85 bits per heavy atom. The number of nitrogens with one attached hydrogen (secondary N) is 3. The number of benzene rings is 2. The van der Waals surface area contributed by atoms with E-state index in [1.165, 1.54) is 6.07 Å². The van der Waals surface area contributed by atoms with E-state index in [1.54, 1.807) is 42.5 Å². The molecule has 1 atom stereocenters. The van der Waals surface area contributed by atoms with Gasteiger partial charge >= 0.3 is 0 Å². The van der Waals surface area contributed by atoms with Gasteiger partial charge in [-0.2, -0.15) is 0 Å². The van der Waals surface area contributed by atoms with Gasteiger partial charge in [0.2, 0.25) is 17.7 Å².